The van der Waals surface area contributed by atoms with Crippen LogP contribution in [-0.2, 0) is 6.42 Å². The Labute approximate surface area is 152 Å². The second kappa shape index (κ2) is 6.90. The summed E-state index contributed by atoms with van der Waals surface area (Å²) < 4.78 is 1.51. The molecule has 1 aromatic heterocycles. The minimum Gasteiger partial charge on any atom is -0.304 e. The highest BCUT2D eigenvalue weighted by Crippen LogP contribution is 2.41. The van der Waals surface area contributed by atoms with Gasteiger partial charge in [-0.3, -0.25) is 9.69 Å². The molecule has 0 bridgehead atoms. The van der Waals surface area contributed by atoms with E-state index >= 15 is 0 Å². The molecule has 6 nitrogen and oxygen atoms in total. The standard InChI is InChI=1S/C18H23N5OS/c1-3-14-19-18-23(20-14)17(24)16(25-18)15(13-7-5-4-6-8-13)22-11-9-21(2)10-12-22/h4-8,15-16H,3,9-12H2,1-2H3. The maximum atomic E-state index is 13.1. The molecule has 0 radical (unpaired) electrons. The highest BCUT2D eigenvalue weighted by Gasteiger charge is 2.43. The fourth-order valence-electron chi connectivity index (χ4n) is 3.52. The zero-order valence-electron chi connectivity index (χ0n) is 14.6. The summed E-state index contributed by atoms with van der Waals surface area (Å²) in [5.74, 6) is 0.796. The highest BCUT2D eigenvalue weighted by atomic mass is 32.2. The van der Waals surface area contributed by atoms with Gasteiger partial charge in [0.1, 0.15) is 5.25 Å². The normalized spacial score (nSPS) is 23.0. The van der Waals surface area contributed by atoms with E-state index in [1.165, 1.54) is 10.2 Å². The number of carbonyl (C=O) groups is 1. The highest BCUT2D eigenvalue weighted by molar-refractivity contribution is 8.00. The van der Waals surface area contributed by atoms with Crippen molar-refractivity contribution in [2.24, 2.45) is 0 Å². The Morgan fingerprint density at radius 2 is 1.92 bits per heavy atom. The van der Waals surface area contributed by atoms with Crippen LogP contribution in [0.1, 0.15) is 29.1 Å². The molecular formula is C18H23N5OS. The molecule has 3 heterocycles. The maximum Gasteiger partial charge on any atom is 0.264 e. The minimum atomic E-state index is -0.188. The van der Waals surface area contributed by atoms with E-state index in [2.05, 4.69) is 51.2 Å². The number of thioether (sulfide) groups is 1. The Hall–Kier alpha value is -1.70. The van der Waals surface area contributed by atoms with Gasteiger partial charge in [0.25, 0.3) is 5.91 Å². The number of likely N-dealkylation sites (N-methyl/N-ethyl adjacent to an activating group) is 1. The Morgan fingerprint density at radius 1 is 1.20 bits per heavy atom. The summed E-state index contributed by atoms with van der Waals surface area (Å²) in [4.78, 5) is 22.3. The van der Waals surface area contributed by atoms with E-state index in [4.69, 9.17) is 0 Å². The number of hydrogen-bond acceptors (Lipinski definition) is 6. The quantitative estimate of drug-likeness (QED) is 0.834. The van der Waals surface area contributed by atoms with Gasteiger partial charge in [-0.05, 0) is 12.6 Å². The predicted molar refractivity (Wildman–Crippen MR) is 97.9 cm³/mol. The Bertz CT molecular complexity index is 754. The lowest BCUT2D eigenvalue weighted by Gasteiger charge is -2.39. The van der Waals surface area contributed by atoms with Crippen LogP contribution in [0.15, 0.2) is 35.5 Å². The molecule has 0 saturated carbocycles. The van der Waals surface area contributed by atoms with Crippen molar-refractivity contribution in [3.8, 4) is 0 Å². The number of benzene rings is 1. The molecule has 132 valence electrons. The van der Waals surface area contributed by atoms with Gasteiger partial charge in [0, 0.05) is 32.6 Å². The summed E-state index contributed by atoms with van der Waals surface area (Å²) in [5.41, 5.74) is 1.19. The third kappa shape index (κ3) is 3.12. The first-order valence-corrected chi connectivity index (χ1v) is 9.69. The molecule has 0 amide bonds. The smallest absolute Gasteiger partial charge is 0.264 e. The fraction of sp³-hybridized carbons (Fsp3) is 0.500. The summed E-state index contributed by atoms with van der Waals surface area (Å²) in [7, 11) is 2.15. The van der Waals surface area contributed by atoms with Crippen molar-refractivity contribution in [3.63, 3.8) is 0 Å². The van der Waals surface area contributed by atoms with Gasteiger partial charge in [-0.1, -0.05) is 49.0 Å². The topological polar surface area (TPSA) is 54.3 Å². The van der Waals surface area contributed by atoms with Gasteiger partial charge in [0.05, 0.1) is 6.04 Å². The van der Waals surface area contributed by atoms with Crippen molar-refractivity contribution in [2.75, 3.05) is 33.2 Å². The largest absolute Gasteiger partial charge is 0.304 e. The molecule has 0 aliphatic carbocycles. The third-order valence-electron chi connectivity index (χ3n) is 4.98. The van der Waals surface area contributed by atoms with Gasteiger partial charge >= 0.3 is 0 Å². The van der Waals surface area contributed by atoms with E-state index in [0.29, 0.717) is 0 Å². The van der Waals surface area contributed by atoms with Gasteiger partial charge in [-0.15, -0.1) is 5.10 Å². The molecule has 0 N–H and O–H groups in total. The van der Waals surface area contributed by atoms with Crippen LogP contribution in [0.3, 0.4) is 0 Å². The van der Waals surface area contributed by atoms with Crippen LogP contribution in [0, 0.1) is 0 Å². The fourth-order valence-corrected chi connectivity index (χ4v) is 4.79. The van der Waals surface area contributed by atoms with Crippen LogP contribution < -0.4 is 0 Å². The molecule has 2 atom stereocenters. The predicted octanol–water partition coefficient (Wildman–Crippen LogP) is 1.94. The molecule has 1 aromatic carbocycles. The molecule has 2 aliphatic rings. The SMILES string of the molecule is CCc1nc2n(n1)C(=O)C(C(c1ccccc1)N1CCN(C)CC1)S2. The first kappa shape index (κ1) is 16.8. The molecule has 1 fully saturated rings. The van der Waals surface area contributed by atoms with Gasteiger partial charge in [-0.25, -0.2) is 4.98 Å². The monoisotopic (exact) mass is 357 g/mol. The second-order valence-electron chi connectivity index (χ2n) is 6.65. The first-order valence-electron chi connectivity index (χ1n) is 8.81. The van der Waals surface area contributed by atoms with E-state index in [1.807, 2.05) is 13.0 Å². The van der Waals surface area contributed by atoms with Crippen LogP contribution in [0.4, 0.5) is 0 Å². The maximum absolute atomic E-state index is 13.1. The average molecular weight is 357 g/mol. The van der Waals surface area contributed by atoms with Gasteiger partial charge < -0.3 is 4.90 Å². The molecule has 2 aliphatic heterocycles. The Balaban J connectivity index is 1.65. The summed E-state index contributed by atoms with van der Waals surface area (Å²) in [6.45, 7) is 6.00. The van der Waals surface area contributed by atoms with Crippen molar-refractivity contribution in [2.45, 2.75) is 29.8 Å². The van der Waals surface area contributed by atoms with Crippen LogP contribution in [0.2, 0.25) is 0 Å². The molecule has 0 spiro atoms. The van der Waals surface area contributed by atoms with E-state index in [9.17, 15) is 4.79 Å². The molecule has 25 heavy (non-hydrogen) atoms. The Kier molecular flexibility index (Phi) is 4.62. The van der Waals surface area contributed by atoms with Gasteiger partial charge in [0.15, 0.2) is 11.0 Å². The lowest BCUT2D eigenvalue weighted by atomic mass is 10.00. The molecule has 2 unspecified atom stereocenters. The number of piperazine rings is 1. The summed E-state index contributed by atoms with van der Waals surface area (Å²) in [6.07, 6.45) is 0.749. The van der Waals surface area contributed by atoms with E-state index in [-0.39, 0.29) is 17.2 Å². The van der Waals surface area contributed by atoms with Crippen molar-refractivity contribution in [1.29, 1.82) is 0 Å². The van der Waals surface area contributed by atoms with Gasteiger partial charge in [0.2, 0.25) is 0 Å². The van der Waals surface area contributed by atoms with Crippen LogP contribution >= 0.6 is 11.8 Å². The molecule has 1 saturated heterocycles. The van der Waals surface area contributed by atoms with E-state index in [1.54, 1.807) is 11.8 Å². The Morgan fingerprint density at radius 3 is 2.56 bits per heavy atom. The van der Waals surface area contributed by atoms with Crippen molar-refractivity contribution < 1.29 is 4.79 Å². The number of aromatic nitrogens is 3. The zero-order valence-corrected chi connectivity index (χ0v) is 15.4. The number of carbonyl (C=O) groups excluding carboxylic acids is 1. The number of fused-ring (bicyclic) bond motifs is 1. The zero-order chi connectivity index (χ0) is 17.4. The molecular weight excluding hydrogens is 334 g/mol. The van der Waals surface area contributed by atoms with Crippen molar-refractivity contribution in [3.05, 3.63) is 41.7 Å². The molecule has 4 rings (SSSR count). The summed E-state index contributed by atoms with van der Waals surface area (Å²) in [5, 5.41) is 4.93. The summed E-state index contributed by atoms with van der Waals surface area (Å²) >= 11 is 1.56. The molecule has 7 heteroatoms. The number of aryl methyl sites for hydroxylation is 1. The van der Waals surface area contributed by atoms with Crippen LogP contribution in [0.25, 0.3) is 0 Å². The number of rotatable bonds is 4. The summed E-state index contributed by atoms with van der Waals surface area (Å²) in [6, 6.07) is 10.4. The van der Waals surface area contributed by atoms with Gasteiger partial charge in [-0.2, -0.15) is 4.68 Å². The number of hydrogen-bond donors (Lipinski definition) is 0. The van der Waals surface area contributed by atoms with E-state index in [0.717, 1.165) is 43.6 Å². The minimum absolute atomic E-state index is 0.0555. The van der Waals surface area contributed by atoms with Crippen molar-refractivity contribution in [1.82, 2.24) is 24.6 Å². The lowest BCUT2D eigenvalue weighted by Crippen LogP contribution is -2.49. The van der Waals surface area contributed by atoms with Crippen LogP contribution in [-0.4, -0.2) is 68.9 Å². The molecule has 2 aromatic rings. The average Bonchev–Trinajstić information content (AvgIpc) is 3.18. The lowest BCUT2D eigenvalue weighted by molar-refractivity contribution is 0.0766. The number of nitrogens with zero attached hydrogens (tertiary/aromatic N) is 5. The first-order chi connectivity index (χ1) is 12.2. The van der Waals surface area contributed by atoms with E-state index < -0.39 is 0 Å². The third-order valence-corrected chi connectivity index (χ3v) is 6.17. The van der Waals surface area contributed by atoms with Crippen molar-refractivity contribution >= 4 is 17.7 Å². The second-order valence-corrected chi connectivity index (χ2v) is 7.76. The van der Waals surface area contributed by atoms with Crippen LogP contribution in [0.5, 0.6) is 0 Å².